The molecule has 0 radical (unpaired) electrons. The molecule has 0 aromatic carbocycles. The maximum Gasteiger partial charge on any atom is 0.102 e. The minimum absolute atomic E-state index is 0.693. The second-order valence-corrected chi connectivity index (χ2v) is 4.09. The van der Waals surface area contributed by atoms with Crippen molar-refractivity contribution in [1.29, 1.82) is 0 Å². The summed E-state index contributed by atoms with van der Waals surface area (Å²) in [6.07, 6.45) is 5.72. The summed E-state index contributed by atoms with van der Waals surface area (Å²) in [5.74, 6) is 0. The van der Waals surface area contributed by atoms with E-state index in [9.17, 15) is 0 Å². The van der Waals surface area contributed by atoms with E-state index < -0.39 is 0 Å². The van der Waals surface area contributed by atoms with E-state index in [1.54, 1.807) is 11.8 Å². The highest BCUT2D eigenvalue weighted by Gasteiger charge is 2.02. The van der Waals surface area contributed by atoms with Crippen molar-refractivity contribution in [2.75, 3.05) is 20.3 Å². The molecular formula is C11H18N6O. The lowest BCUT2D eigenvalue weighted by Crippen LogP contribution is -2.18. The van der Waals surface area contributed by atoms with Gasteiger partial charge in [-0.05, 0) is 0 Å². The molecule has 0 atom stereocenters. The first-order valence-electron chi connectivity index (χ1n) is 5.83. The average molecular weight is 250 g/mol. The molecule has 0 aliphatic rings. The van der Waals surface area contributed by atoms with Crippen LogP contribution in [0.1, 0.15) is 11.4 Å². The maximum atomic E-state index is 4.96. The quantitative estimate of drug-likeness (QED) is 0.689. The lowest BCUT2D eigenvalue weighted by atomic mass is 10.4. The second-order valence-electron chi connectivity index (χ2n) is 4.09. The number of aryl methyl sites for hydroxylation is 1. The van der Waals surface area contributed by atoms with Gasteiger partial charge in [-0.25, -0.2) is 4.98 Å². The van der Waals surface area contributed by atoms with E-state index in [1.165, 1.54) is 0 Å². The Bertz CT molecular complexity index is 477. The molecule has 0 unspecified atom stereocenters. The van der Waals surface area contributed by atoms with Gasteiger partial charge in [0.05, 0.1) is 25.2 Å². The molecule has 0 spiro atoms. The lowest BCUT2D eigenvalue weighted by molar-refractivity contribution is 0.199. The van der Waals surface area contributed by atoms with Crippen LogP contribution in [0.15, 0.2) is 18.7 Å². The number of hydrogen-bond donors (Lipinski definition) is 1. The fourth-order valence-corrected chi connectivity index (χ4v) is 1.63. The third-order valence-electron chi connectivity index (χ3n) is 2.47. The molecule has 0 aliphatic carbocycles. The summed E-state index contributed by atoms with van der Waals surface area (Å²) in [5.41, 5.74) is 1.93. The SMILES string of the molecule is COCCNCc1cn(Cc2cn(C)nn2)cn1. The van der Waals surface area contributed by atoms with Crippen LogP contribution in [0, 0.1) is 0 Å². The zero-order valence-electron chi connectivity index (χ0n) is 10.7. The molecule has 2 heterocycles. The number of rotatable bonds is 7. The van der Waals surface area contributed by atoms with Gasteiger partial charge in [0.15, 0.2) is 0 Å². The summed E-state index contributed by atoms with van der Waals surface area (Å²) in [6, 6.07) is 0. The molecule has 7 heteroatoms. The third kappa shape index (κ3) is 3.64. The summed E-state index contributed by atoms with van der Waals surface area (Å²) in [4.78, 5) is 4.32. The summed E-state index contributed by atoms with van der Waals surface area (Å²) in [6.45, 7) is 2.98. The van der Waals surface area contributed by atoms with Crippen molar-refractivity contribution in [3.8, 4) is 0 Å². The second kappa shape index (κ2) is 6.27. The Labute approximate surface area is 106 Å². The smallest absolute Gasteiger partial charge is 0.102 e. The van der Waals surface area contributed by atoms with Crippen molar-refractivity contribution in [1.82, 2.24) is 29.9 Å². The van der Waals surface area contributed by atoms with E-state index >= 15 is 0 Å². The molecular weight excluding hydrogens is 232 g/mol. The Morgan fingerprint density at radius 1 is 1.33 bits per heavy atom. The van der Waals surface area contributed by atoms with Crippen molar-refractivity contribution < 1.29 is 4.74 Å². The fraction of sp³-hybridized carbons (Fsp3) is 0.545. The maximum absolute atomic E-state index is 4.96. The molecule has 2 rings (SSSR count). The number of imidazole rings is 1. The molecule has 0 fully saturated rings. The minimum Gasteiger partial charge on any atom is -0.383 e. The number of hydrogen-bond acceptors (Lipinski definition) is 5. The Morgan fingerprint density at radius 3 is 2.94 bits per heavy atom. The predicted molar refractivity (Wildman–Crippen MR) is 65.9 cm³/mol. The molecule has 2 aromatic rings. The average Bonchev–Trinajstić information content (AvgIpc) is 2.95. The largest absolute Gasteiger partial charge is 0.383 e. The van der Waals surface area contributed by atoms with Gasteiger partial charge in [0.25, 0.3) is 0 Å². The molecule has 98 valence electrons. The highest BCUT2D eigenvalue weighted by molar-refractivity contribution is 5.00. The van der Waals surface area contributed by atoms with E-state index in [-0.39, 0.29) is 0 Å². The van der Waals surface area contributed by atoms with Gasteiger partial charge in [-0.15, -0.1) is 5.10 Å². The molecule has 18 heavy (non-hydrogen) atoms. The van der Waals surface area contributed by atoms with Gasteiger partial charge in [-0.3, -0.25) is 4.68 Å². The van der Waals surface area contributed by atoms with Gasteiger partial charge in [0, 0.05) is 39.6 Å². The summed E-state index contributed by atoms with van der Waals surface area (Å²) < 4.78 is 8.65. The van der Waals surface area contributed by atoms with Gasteiger partial charge in [0.1, 0.15) is 5.69 Å². The van der Waals surface area contributed by atoms with E-state index in [0.29, 0.717) is 13.2 Å². The Kier molecular flexibility index (Phi) is 4.43. The van der Waals surface area contributed by atoms with Gasteiger partial charge in [0.2, 0.25) is 0 Å². The van der Waals surface area contributed by atoms with Crippen LogP contribution in [-0.4, -0.2) is 44.8 Å². The van der Waals surface area contributed by atoms with E-state index in [2.05, 4.69) is 20.6 Å². The normalized spacial score (nSPS) is 11.0. The van der Waals surface area contributed by atoms with Gasteiger partial charge in [-0.2, -0.15) is 0 Å². The highest BCUT2D eigenvalue weighted by atomic mass is 16.5. The highest BCUT2D eigenvalue weighted by Crippen LogP contribution is 2.00. The third-order valence-corrected chi connectivity index (χ3v) is 2.47. The number of nitrogens with one attached hydrogen (secondary N) is 1. The Hall–Kier alpha value is -1.73. The van der Waals surface area contributed by atoms with Crippen LogP contribution in [0.4, 0.5) is 0 Å². The van der Waals surface area contributed by atoms with Crippen molar-refractivity contribution in [3.63, 3.8) is 0 Å². The van der Waals surface area contributed by atoms with Crippen molar-refractivity contribution in [2.24, 2.45) is 7.05 Å². The van der Waals surface area contributed by atoms with Crippen molar-refractivity contribution >= 4 is 0 Å². The predicted octanol–water partition coefficient (Wildman–Crippen LogP) is -0.204. The van der Waals surface area contributed by atoms with Crippen LogP contribution in [-0.2, 0) is 24.9 Å². The number of methoxy groups -OCH3 is 1. The van der Waals surface area contributed by atoms with Crippen molar-refractivity contribution in [3.05, 3.63) is 30.1 Å². The monoisotopic (exact) mass is 250 g/mol. The first kappa shape index (κ1) is 12.7. The Balaban J connectivity index is 1.82. The summed E-state index contributed by atoms with van der Waals surface area (Å²) in [5, 5.41) is 11.2. The fourth-order valence-electron chi connectivity index (χ4n) is 1.63. The van der Waals surface area contributed by atoms with Gasteiger partial charge < -0.3 is 14.6 Å². The van der Waals surface area contributed by atoms with Crippen LogP contribution < -0.4 is 5.32 Å². The van der Waals surface area contributed by atoms with Gasteiger partial charge >= 0.3 is 0 Å². The summed E-state index contributed by atoms with van der Waals surface area (Å²) >= 11 is 0. The van der Waals surface area contributed by atoms with E-state index in [0.717, 1.165) is 24.5 Å². The van der Waals surface area contributed by atoms with E-state index in [1.807, 2.05) is 30.3 Å². The van der Waals surface area contributed by atoms with Crippen LogP contribution in [0.25, 0.3) is 0 Å². The summed E-state index contributed by atoms with van der Waals surface area (Å²) in [7, 11) is 3.55. The molecule has 2 aromatic heterocycles. The minimum atomic E-state index is 0.693. The van der Waals surface area contributed by atoms with Crippen LogP contribution in [0.3, 0.4) is 0 Å². The number of ether oxygens (including phenoxy) is 1. The van der Waals surface area contributed by atoms with Gasteiger partial charge in [-0.1, -0.05) is 5.21 Å². The topological polar surface area (TPSA) is 69.8 Å². The van der Waals surface area contributed by atoms with Crippen LogP contribution >= 0.6 is 0 Å². The lowest BCUT2D eigenvalue weighted by Gasteiger charge is -2.00. The molecule has 7 nitrogen and oxygen atoms in total. The number of nitrogens with zero attached hydrogens (tertiary/aromatic N) is 5. The first-order chi connectivity index (χ1) is 8.78. The van der Waals surface area contributed by atoms with Crippen molar-refractivity contribution in [2.45, 2.75) is 13.1 Å². The molecule has 1 N–H and O–H groups in total. The van der Waals surface area contributed by atoms with Crippen LogP contribution in [0.2, 0.25) is 0 Å². The Morgan fingerprint density at radius 2 is 2.22 bits per heavy atom. The molecule has 0 aliphatic heterocycles. The zero-order valence-corrected chi connectivity index (χ0v) is 10.7. The zero-order chi connectivity index (χ0) is 12.8. The first-order valence-corrected chi connectivity index (χ1v) is 5.83. The molecule has 0 bridgehead atoms. The van der Waals surface area contributed by atoms with Crippen LogP contribution in [0.5, 0.6) is 0 Å². The number of aromatic nitrogens is 5. The molecule has 0 amide bonds. The van der Waals surface area contributed by atoms with E-state index in [4.69, 9.17) is 4.74 Å². The molecule has 0 saturated carbocycles. The molecule has 0 saturated heterocycles. The standard InChI is InChI=1S/C11H18N6O/c1-16-6-11(14-15-16)8-17-7-10(13-9-17)5-12-3-4-18-2/h6-7,9,12H,3-5,8H2,1-2H3.